The van der Waals surface area contributed by atoms with Crippen LogP contribution in [0, 0.1) is 40.9 Å². The smallest absolute Gasteiger partial charge is 0.328 e. The third kappa shape index (κ3) is 8.91. The number of aromatic hydroxyl groups is 1. The molecule has 1 aromatic rings. The van der Waals surface area contributed by atoms with Crippen molar-refractivity contribution < 1.29 is 30.3 Å². The van der Waals surface area contributed by atoms with Crippen LogP contribution < -0.4 is 0 Å². The number of carboxylic acids is 1. The highest BCUT2D eigenvalue weighted by Crippen LogP contribution is 2.60. The standard InChI is InChI=1S/C37H50O6/c1-23(14-20-33(41)42)13-19-32(40)26(4)31(39)12-10-8-7-9-11-29-24(2)21-30-25(3)22-37(5,6)35(30)34(29)36(43)27-15-17-28(38)18-16-27/h7-18,20-21,25-26,29-32,34-36,38-40,43H,19,22H2,1-6H3,(H,41,42)/b8-7+,11-9-,12-10-,20-14+,23-13+/t25-,26-,29-,30-,31+,32+,34-,35-,36-/m0/s1. The van der Waals surface area contributed by atoms with Gasteiger partial charge in [0.05, 0.1) is 18.3 Å². The molecule has 0 spiro atoms. The van der Waals surface area contributed by atoms with Crippen LogP contribution in [0.3, 0.4) is 0 Å². The Balaban J connectivity index is 1.71. The van der Waals surface area contributed by atoms with Crippen LogP contribution in [0.1, 0.15) is 66.1 Å². The molecule has 6 nitrogen and oxygen atoms in total. The summed E-state index contributed by atoms with van der Waals surface area (Å²) in [5, 5.41) is 51.3. The molecule has 43 heavy (non-hydrogen) atoms. The number of aliphatic carboxylic acids is 1. The minimum atomic E-state index is -1.03. The molecule has 0 aliphatic heterocycles. The van der Waals surface area contributed by atoms with Gasteiger partial charge in [-0.15, -0.1) is 0 Å². The fourth-order valence-electron chi connectivity index (χ4n) is 7.22. The predicted molar refractivity (Wildman–Crippen MR) is 172 cm³/mol. The first kappa shape index (κ1) is 34.3. The van der Waals surface area contributed by atoms with E-state index in [2.05, 4.69) is 39.8 Å². The monoisotopic (exact) mass is 590 g/mol. The number of hydrogen-bond acceptors (Lipinski definition) is 5. The average molecular weight is 591 g/mol. The molecule has 9 atom stereocenters. The largest absolute Gasteiger partial charge is 0.508 e. The van der Waals surface area contributed by atoms with E-state index in [0.717, 1.165) is 23.6 Å². The Labute approximate surface area is 257 Å². The van der Waals surface area contributed by atoms with E-state index >= 15 is 0 Å². The number of fused-ring (bicyclic) bond motifs is 1. The molecule has 234 valence electrons. The van der Waals surface area contributed by atoms with Crippen molar-refractivity contribution >= 4 is 5.97 Å². The van der Waals surface area contributed by atoms with Gasteiger partial charge in [-0.1, -0.05) is 106 Å². The van der Waals surface area contributed by atoms with E-state index in [4.69, 9.17) is 5.11 Å². The summed E-state index contributed by atoms with van der Waals surface area (Å²) in [4.78, 5) is 10.6. The summed E-state index contributed by atoms with van der Waals surface area (Å²) < 4.78 is 0. The number of aliphatic hydroxyl groups is 3. The predicted octanol–water partition coefficient (Wildman–Crippen LogP) is 6.92. The first-order valence-electron chi connectivity index (χ1n) is 15.3. The number of phenolic OH excluding ortho intramolecular Hbond substituents is 1. The van der Waals surface area contributed by atoms with Crippen LogP contribution in [0.15, 0.2) is 96.2 Å². The average Bonchev–Trinajstić information content (AvgIpc) is 3.18. The molecule has 0 saturated heterocycles. The SMILES string of the molecule is CC1=C[C@@H]2[C@@H]([C@@H]([C@@H](O)c3ccc(O)cc3)[C@H]1\C=C/C=C/C=C\[C@@H](O)[C@H](C)[C@H](O)C/C=C(C)/C=C/C(=O)O)C(C)(C)C[C@@H]2C. The fraction of sp³-hybridized carbons (Fsp3) is 0.486. The number of rotatable bonds is 12. The zero-order valence-corrected chi connectivity index (χ0v) is 26.3. The van der Waals surface area contributed by atoms with E-state index in [1.54, 1.807) is 44.2 Å². The lowest BCUT2D eigenvalue weighted by molar-refractivity contribution is -0.131. The molecule has 5 N–H and O–H groups in total. The summed E-state index contributed by atoms with van der Waals surface area (Å²) in [6.07, 6.45) is 17.2. The lowest BCUT2D eigenvalue weighted by Crippen LogP contribution is -2.40. The number of aliphatic hydroxyl groups excluding tert-OH is 3. The van der Waals surface area contributed by atoms with Crippen LogP contribution in [-0.2, 0) is 4.79 Å². The summed E-state index contributed by atoms with van der Waals surface area (Å²) in [6.45, 7) is 12.7. The van der Waals surface area contributed by atoms with Crippen molar-refractivity contribution in [3.05, 3.63) is 102 Å². The maximum atomic E-state index is 11.8. The normalized spacial score (nSPS) is 28.8. The van der Waals surface area contributed by atoms with E-state index in [0.29, 0.717) is 24.2 Å². The maximum absolute atomic E-state index is 11.8. The van der Waals surface area contributed by atoms with Gasteiger partial charge in [0.2, 0.25) is 0 Å². The van der Waals surface area contributed by atoms with Gasteiger partial charge in [0, 0.05) is 23.8 Å². The Morgan fingerprint density at radius 2 is 1.70 bits per heavy atom. The van der Waals surface area contributed by atoms with Gasteiger partial charge in [0.1, 0.15) is 5.75 Å². The van der Waals surface area contributed by atoms with Gasteiger partial charge >= 0.3 is 5.97 Å². The summed E-state index contributed by atoms with van der Waals surface area (Å²) in [7, 11) is 0. The molecule has 0 amide bonds. The molecule has 3 rings (SSSR count). The van der Waals surface area contributed by atoms with E-state index in [1.165, 1.54) is 11.6 Å². The highest BCUT2D eigenvalue weighted by molar-refractivity contribution is 5.80. The first-order chi connectivity index (χ1) is 20.2. The number of carbonyl (C=O) groups is 1. The second kappa shape index (κ2) is 15.0. The second-order valence-electron chi connectivity index (χ2n) is 13.3. The molecule has 0 unspecified atom stereocenters. The van der Waals surface area contributed by atoms with Crippen molar-refractivity contribution in [3.8, 4) is 5.75 Å². The highest BCUT2D eigenvalue weighted by atomic mass is 16.4. The fourth-order valence-corrected chi connectivity index (χ4v) is 7.22. The number of carboxylic acid groups (broad SMARTS) is 1. The summed E-state index contributed by atoms with van der Waals surface area (Å²) in [5.74, 6) is 0.0488. The second-order valence-corrected chi connectivity index (χ2v) is 13.3. The molecule has 0 radical (unpaired) electrons. The molecule has 6 heteroatoms. The third-order valence-electron chi connectivity index (χ3n) is 9.51. The van der Waals surface area contributed by atoms with Crippen LogP contribution >= 0.6 is 0 Å². The Bertz CT molecular complexity index is 1260. The molecule has 2 aliphatic rings. The van der Waals surface area contributed by atoms with Crippen molar-refractivity contribution in [1.82, 2.24) is 0 Å². The van der Waals surface area contributed by atoms with Gasteiger partial charge in [-0.3, -0.25) is 0 Å². The zero-order valence-electron chi connectivity index (χ0n) is 26.3. The lowest BCUT2D eigenvalue weighted by atomic mass is 9.59. The van der Waals surface area contributed by atoms with Crippen molar-refractivity contribution in [2.24, 2.45) is 40.9 Å². The molecule has 0 bridgehead atoms. The van der Waals surface area contributed by atoms with Crippen LogP contribution in [0.5, 0.6) is 5.75 Å². The molecule has 2 aliphatic carbocycles. The van der Waals surface area contributed by atoms with Gasteiger partial charge in [0.15, 0.2) is 0 Å². The number of allylic oxidation sites excluding steroid dienone is 9. The minimum absolute atomic E-state index is 0.0128. The zero-order chi connectivity index (χ0) is 31.9. The molecular weight excluding hydrogens is 540 g/mol. The Hall–Kier alpha value is -3.19. The molecule has 0 aromatic heterocycles. The van der Waals surface area contributed by atoms with Crippen molar-refractivity contribution in [2.75, 3.05) is 0 Å². The van der Waals surface area contributed by atoms with Gasteiger partial charge in [-0.25, -0.2) is 4.79 Å². The topological polar surface area (TPSA) is 118 Å². The first-order valence-corrected chi connectivity index (χ1v) is 15.3. The van der Waals surface area contributed by atoms with Crippen molar-refractivity contribution in [2.45, 2.75) is 72.7 Å². The van der Waals surface area contributed by atoms with Crippen LogP contribution in [-0.4, -0.2) is 43.7 Å². The molecule has 1 aromatic carbocycles. The van der Waals surface area contributed by atoms with Crippen molar-refractivity contribution in [1.29, 1.82) is 0 Å². The number of hydrogen-bond donors (Lipinski definition) is 5. The molecular formula is C37H50O6. The van der Waals surface area contributed by atoms with Crippen LogP contribution in [0.2, 0.25) is 0 Å². The van der Waals surface area contributed by atoms with E-state index < -0.39 is 30.2 Å². The minimum Gasteiger partial charge on any atom is -0.508 e. The van der Waals surface area contributed by atoms with Gasteiger partial charge in [-0.05, 0) is 67.6 Å². The lowest BCUT2D eigenvalue weighted by Gasteiger charge is -2.46. The maximum Gasteiger partial charge on any atom is 0.328 e. The van der Waals surface area contributed by atoms with Gasteiger partial charge < -0.3 is 25.5 Å². The molecule has 0 heterocycles. The highest BCUT2D eigenvalue weighted by Gasteiger charge is 2.54. The number of benzene rings is 1. The van der Waals surface area contributed by atoms with Gasteiger partial charge in [0.25, 0.3) is 0 Å². The van der Waals surface area contributed by atoms with Crippen LogP contribution in [0.25, 0.3) is 0 Å². The van der Waals surface area contributed by atoms with E-state index in [9.17, 15) is 25.2 Å². The molecule has 1 fully saturated rings. The summed E-state index contributed by atoms with van der Waals surface area (Å²) >= 11 is 0. The Morgan fingerprint density at radius 3 is 2.35 bits per heavy atom. The Kier molecular flexibility index (Phi) is 12.0. The van der Waals surface area contributed by atoms with Crippen molar-refractivity contribution in [3.63, 3.8) is 0 Å². The summed E-state index contributed by atoms with van der Waals surface area (Å²) in [6, 6.07) is 6.90. The molecule has 1 saturated carbocycles. The quantitative estimate of drug-likeness (QED) is 0.102. The third-order valence-corrected chi connectivity index (χ3v) is 9.51. The van der Waals surface area contributed by atoms with Crippen LogP contribution in [0.4, 0.5) is 0 Å². The van der Waals surface area contributed by atoms with E-state index in [1.807, 2.05) is 30.4 Å². The summed E-state index contributed by atoms with van der Waals surface area (Å²) in [5.41, 5.74) is 2.89. The van der Waals surface area contributed by atoms with Gasteiger partial charge in [-0.2, -0.15) is 0 Å². The number of phenols is 1. The Morgan fingerprint density at radius 1 is 1.05 bits per heavy atom. The van der Waals surface area contributed by atoms with E-state index in [-0.39, 0.29) is 23.0 Å².